The van der Waals surface area contributed by atoms with Crippen molar-refractivity contribution in [2.45, 2.75) is 19.4 Å². The summed E-state index contributed by atoms with van der Waals surface area (Å²) in [5.41, 5.74) is 3.29. The summed E-state index contributed by atoms with van der Waals surface area (Å²) in [7, 11) is 0. The Labute approximate surface area is 141 Å². The van der Waals surface area contributed by atoms with Crippen LogP contribution in [0.5, 0.6) is 0 Å². The Bertz CT molecular complexity index is 765. The number of carbonyl (C=O) groups excluding carboxylic acids is 1. The molecule has 0 aliphatic heterocycles. The number of nitrogens with zero attached hydrogens (tertiary/aromatic N) is 2. The standard InChI is InChI=1S/C20H20N2O2/c1-2-24-19(23)14-16-8-10-18(11-9-16)20(22-13-12-21-15-22)17-6-4-3-5-7-17/h3-13,15,20H,2,14H2,1H3. The Hall–Kier alpha value is -2.88. The third-order valence-electron chi connectivity index (χ3n) is 3.89. The fourth-order valence-electron chi connectivity index (χ4n) is 2.79. The molecule has 0 radical (unpaired) electrons. The fraction of sp³-hybridized carbons (Fsp3) is 0.200. The molecular weight excluding hydrogens is 300 g/mol. The first-order valence-corrected chi connectivity index (χ1v) is 8.04. The first kappa shape index (κ1) is 16.0. The van der Waals surface area contributed by atoms with Gasteiger partial charge in [0.15, 0.2) is 0 Å². The van der Waals surface area contributed by atoms with Gasteiger partial charge < -0.3 is 9.30 Å². The maximum absolute atomic E-state index is 11.6. The predicted molar refractivity (Wildman–Crippen MR) is 92.7 cm³/mol. The molecule has 122 valence electrons. The van der Waals surface area contributed by atoms with E-state index in [2.05, 4.69) is 33.8 Å². The molecule has 0 aliphatic rings. The van der Waals surface area contributed by atoms with E-state index in [1.807, 2.05) is 49.8 Å². The summed E-state index contributed by atoms with van der Waals surface area (Å²) in [5.74, 6) is -0.195. The molecular formula is C20H20N2O2. The van der Waals surface area contributed by atoms with Crippen molar-refractivity contribution in [1.29, 1.82) is 0 Å². The first-order chi connectivity index (χ1) is 11.8. The van der Waals surface area contributed by atoms with Gasteiger partial charge in [-0.3, -0.25) is 4.79 Å². The normalized spacial score (nSPS) is 11.9. The lowest BCUT2D eigenvalue weighted by molar-refractivity contribution is -0.142. The van der Waals surface area contributed by atoms with Gasteiger partial charge in [-0.05, 0) is 23.6 Å². The van der Waals surface area contributed by atoms with Crippen LogP contribution in [0.15, 0.2) is 73.3 Å². The van der Waals surface area contributed by atoms with E-state index < -0.39 is 0 Å². The molecule has 0 spiro atoms. The van der Waals surface area contributed by atoms with Gasteiger partial charge in [0.1, 0.15) is 0 Å². The van der Waals surface area contributed by atoms with Crippen LogP contribution in [-0.2, 0) is 16.0 Å². The minimum Gasteiger partial charge on any atom is -0.466 e. The maximum atomic E-state index is 11.6. The summed E-state index contributed by atoms with van der Waals surface area (Å²) >= 11 is 0. The topological polar surface area (TPSA) is 44.1 Å². The molecule has 1 unspecified atom stereocenters. The average Bonchev–Trinajstić information content (AvgIpc) is 3.12. The Kier molecular flexibility index (Phi) is 5.06. The van der Waals surface area contributed by atoms with Crippen LogP contribution in [-0.4, -0.2) is 22.1 Å². The van der Waals surface area contributed by atoms with Gasteiger partial charge in [0.2, 0.25) is 0 Å². The molecule has 0 saturated carbocycles. The summed E-state index contributed by atoms with van der Waals surface area (Å²) in [6.07, 6.45) is 5.87. The van der Waals surface area contributed by atoms with E-state index in [1.165, 1.54) is 5.56 Å². The number of carbonyl (C=O) groups is 1. The van der Waals surface area contributed by atoms with Crippen molar-refractivity contribution >= 4 is 5.97 Å². The molecule has 1 atom stereocenters. The molecule has 4 heteroatoms. The first-order valence-electron chi connectivity index (χ1n) is 8.04. The molecule has 0 bridgehead atoms. The van der Waals surface area contributed by atoms with Crippen molar-refractivity contribution in [3.05, 3.63) is 90.0 Å². The summed E-state index contributed by atoms with van der Waals surface area (Å²) in [6.45, 7) is 2.23. The monoisotopic (exact) mass is 320 g/mol. The quantitative estimate of drug-likeness (QED) is 0.652. The molecule has 3 rings (SSSR count). The smallest absolute Gasteiger partial charge is 0.310 e. The molecule has 2 aromatic carbocycles. The lowest BCUT2D eigenvalue weighted by Crippen LogP contribution is -2.11. The fourth-order valence-corrected chi connectivity index (χ4v) is 2.79. The van der Waals surface area contributed by atoms with Crippen LogP contribution in [0.1, 0.15) is 29.7 Å². The van der Waals surface area contributed by atoms with Crippen LogP contribution in [0.4, 0.5) is 0 Å². The Morgan fingerprint density at radius 2 is 1.79 bits per heavy atom. The van der Waals surface area contributed by atoms with E-state index in [-0.39, 0.29) is 12.0 Å². The van der Waals surface area contributed by atoms with Crippen molar-refractivity contribution in [3.63, 3.8) is 0 Å². The van der Waals surface area contributed by atoms with Crippen LogP contribution in [0.2, 0.25) is 0 Å². The van der Waals surface area contributed by atoms with E-state index in [4.69, 9.17) is 4.74 Å². The minimum absolute atomic E-state index is 0.0605. The lowest BCUT2D eigenvalue weighted by Gasteiger charge is -2.20. The molecule has 0 aliphatic carbocycles. The number of aromatic nitrogens is 2. The average molecular weight is 320 g/mol. The van der Waals surface area contributed by atoms with E-state index in [1.54, 1.807) is 6.20 Å². The second-order valence-corrected chi connectivity index (χ2v) is 5.55. The number of hydrogen-bond donors (Lipinski definition) is 0. The van der Waals surface area contributed by atoms with Gasteiger partial charge >= 0.3 is 5.97 Å². The van der Waals surface area contributed by atoms with Gasteiger partial charge in [0.05, 0.1) is 25.4 Å². The van der Waals surface area contributed by atoms with Gasteiger partial charge in [-0.1, -0.05) is 54.6 Å². The third kappa shape index (κ3) is 3.71. The minimum atomic E-state index is -0.195. The molecule has 0 N–H and O–H groups in total. The van der Waals surface area contributed by atoms with E-state index in [0.717, 1.165) is 11.1 Å². The lowest BCUT2D eigenvalue weighted by atomic mass is 9.97. The predicted octanol–water partition coefficient (Wildman–Crippen LogP) is 3.63. The summed E-state index contributed by atoms with van der Waals surface area (Å²) in [6, 6.07) is 18.5. The van der Waals surface area contributed by atoms with Gasteiger partial charge in [0, 0.05) is 12.4 Å². The van der Waals surface area contributed by atoms with Gasteiger partial charge in [0.25, 0.3) is 0 Å². The number of benzene rings is 2. The molecule has 4 nitrogen and oxygen atoms in total. The summed E-state index contributed by atoms with van der Waals surface area (Å²) in [4.78, 5) is 15.8. The van der Waals surface area contributed by atoms with Gasteiger partial charge in [-0.2, -0.15) is 0 Å². The zero-order valence-corrected chi connectivity index (χ0v) is 13.6. The van der Waals surface area contributed by atoms with E-state index in [9.17, 15) is 4.79 Å². The van der Waals surface area contributed by atoms with Crippen LogP contribution in [0.25, 0.3) is 0 Å². The SMILES string of the molecule is CCOC(=O)Cc1ccc(C(c2ccccc2)n2ccnc2)cc1. The number of hydrogen-bond acceptors (Lipinski definition) is 3. The van der Waals surface area contributed by atoms with E-state index in [0.29, 0.717) is 13.0 Å². The largest absolute Gasteiger partial charge is 0.466 e. The van der Waals surface area contributed by atoms with Crippen LogP contribution >= 0.6 is 0 Å². The summed E-state index contributed by atoms with van der Waals surface area (Å²) in [5, 5.41) is 0. The molecule has 0 amide bonds. The van der Waals surface area contributed by atoms with Crippen molar-refractivity contribution < 1.29 is 9.53 Å². The highest BCUT2D eigenvalue weighted by atomic mass is 16.5. The second-order valence-electron chi connectivity index (χ2n) is 5.55. The Balaban J connectivity index is 1.88. The number of esters is 1. The zero-order chi connectivity index (χ0) is 16.8. The number of ether oxygens (including phenoxy) is 1. The maximum Gasteiger partial charge on any atom is 0.310 e. The second kappa shape index (κ2) is 7.59. The Morgan fingerprint density at radius 1 is 1.08 bits per heavy atom. The van der Waals surface area contributed by atoms with Crippen LogP contribution in [0, 0.1) is 0 Å². The molecule has 24 heavy (non-hydrogen) atoms. The van der Waals surface area contributed by atoms with Crippen LogP contribution < -0.4 is 0 Å². The van der Waals surface area contributed by atoms with Crippen LogP contribution in [0.3, 0.4) is 0 Å². The highest BCUT2D eigenvalue weighted by molar-refractivity contribution is 5.72. The Morgan fingerprint density at radius 3 is 2.42 bits per heavy atom. The third-order valence-corrected chi connectivity index (χ3v) is 3.89. The summed E-state index contributed by atoms with van der Waals surface area (Å²) < 4.78 is 7.08. The molecule has 1 aromatic heterocycles. The van der Waals surface area contributed by atoms with Crippen molar-refractivity contribution in [2.24, 2.45) is 0 Å². The van der Waals surface area contributed by atoms with Gasteiger partial charge in [-0.25, -0.2) is 4.98 Å². The van der Waals surface area contributed by atoms with Gasteiger partial charge in [-0.15, -0.1) is 0 Å². The molecule has 1 heterocycles. The van der Waals surface area contributed by atoms with Crippen molar-refractivity contribution in [2.75, 3.05) is 6.61 Å². The number of rotatable bonds is 6. The zero-order valence-electron chi connectivity index (χ0n) is 13.6. The van der Waals surface area contributed by atoms with E-state index >= 15 is 0 Å². The van der Waals surface area contributed by atoms with Crippen molar-refractivity contribution in [1.82, 2.24) is 9.55 Å². The molecule has 0 fully saturated rings. The molecule has 0 saturated heterocycles. The number of imidazole rings is 1. The highest BCUT2D eigenvalue weighted by Crippen LogP contribution is 2.26. The van der Waals surface area contributed by atoms with Crippen molar-refractivity contribution in [3.8, 4) is 0 Å². The molecule has 3 aromatic rings. The highest BCUT2D eigenvalue weighted by Gasteiger charge is 2.15.